The number of aromatic nitrogens is 3. The highest BCUT2D eigenvalue weighted by molar-refractivity contribution is 7.10. The fraction of sp³-hybridized carbons (Fsp3) is 0.409. The summed E-state index contributed by atoms with van der Waals surface area (Å²) in [5.74, 6) is 0.614. The molecule has 0 unspecified atom stereocenters. The van der Waals surface area contributed by atoms with Gasteiger partial charge in [0.25, 0.3) is 0 Å². The molecule has 0 atom stereocenters. The fourth-order valence-corrected chi connectivity index (χ4v) is 4.96. The number of hydrogen-bond acceptors (Lipinski definition) is 8. The average molecular weight is 529 g/mol. The number of morpholine rings is 1. The highest BCUT2D eigenvalue weighted by atomic mass is 35.5. The van der Waals surface area contributed by atoms with Crippen LogP contribution in [0.5, 0.6) is 0 Å². The van der Waals surface area contributed by atoms with Gasteiger partial charge in [0.1, 0.15) is 11.6 Å². The molecule has 0 aliphatic carbocycles. The molecular weight excluding hydrogens is 508 g/mol. The van der Waals surface area contributed by atoms with Crippen LogP contribution in [0.25, 0.3) is 11.3 Å². The Morgan fingerprint density at radius 2 is 1.63 bits per heavy atom. The highest BCUT2D eigenvalue weighted by Gasteiger charge is 2.38. The van der Waals surface area contributed by atoms with Crippen LogP contribution >= 0.6 is 22.9 Å². The van der Waals surface area contributed by atoms with Crippen molar-refractivity contribution in [2.75, 3.05) is 67.2 Å². The Hall–Kier alpha value is -2.70. The van der Waals surface area contributed by atoms with E-state index in [2.05, 4.69) is 4.98 Å². The molecule has 7 nitrogen and oxygen atoms in total. The first-order valence-corrected chi connectivity index (χ1v) is 12.2. The summed E-state index contributed by atoms with van der Waals surface area (Å²) < 4.78 is 59.2. The van der Waals surface area contributed by atoms with E-state index in [-0.39, 0.29) is 10.8 Å². The molecule has 2 aromatic heterocycles. The quantitative estimate of drug-likeness (QED) is 0.460. The number of halogens is 5. The van der Waals surface area contributed by atoms with Gasteiger partial charge >= 0.3 is 6.18 Å². The van der Waals surface area contributed by atoms with Crippen molar-refractivity contribution in [1.82, 2.24) is 15.0 Å². The van der Waals surface area contributed by atoms with Crippen LogP contribution in [0.2, 0.25) is 5.02 Å². The fourth-order valence-electron chi connectivity index (χ4n) is 4.10. The Morgan fingerprint density at radius 3 is 2.31 bits per heavy atom. The number of nitrogens with zero attached hydrogens (tertiary/aromatic N) is 6. The molecule has 2 fully saturated rings. The summed E-state index contributed by atoms with van der Waals surface area (Å²) in [5, 5.41) is -0.00655. The molecule has 0 radical (unpaired) electrons. The highest BCUT2D eigenvalue weighted by Crippen LogP contribution is 2.39. The molecule has 0 saturated carbocycles. The number of benzene rings is 1. The number of piperazine rings is 1. The van der Waals surface area contributed by atoms with Crippen molar-refractivity contribution in [3.63, 3.8) is 0 Å². The molecule has 4 heterocycles. The van der Waals surface area contributed by atoms with Gasteiger partial charge in [0.15, 0.2) is 10.7 Å². The van der Waals surface area contributed by atoms with Gasteiger partial charge in [0, 0.05) is 50.9 Å². The third-order valence-electron chi connectivity index (χ3n) is 5.92. The topological polar surface area (TPSA) is 57.6 Å². The number of ether oxygens (including phenoxy) is 1. The number of thiazole rings is 1. The molecule has 0 N–H and O–H groups in total. The van der Waals surface area contributed by atoms with Gasteiger partial charge in [-0.05, 0) is 18.2 Å². The molecule has 2 aliphatic rings. The minimum absolute atomic E-state index is 0.00655. The first-order valence-electron chi connectivity index (χ1n) is 11.0. The normalized spacial score (nSPS) is 17.2. The molecule has 0 bridgehead atoms. The first kappa shape index (κ1) is 24.0. The van der Waals surface area contributed by atoms with Gasteiger partial charge < -0.3 is 19.4 Å². The summed E-state index contributed by atoms with van der Waals surface area (Å²) in [6.45, 7) is 4.01. The van der Waals surface area contributed by atoms with E-state index in [1.165, 1.54) is 17.6 Å². The minimum atomic E-state index is -4.43. The van der Waals surface area contributed by atoms with E-state index in [9.17, 15) is 17.6 Å². The first-order chi connectivity index (χ1) is 16.8. The average Bonchev–Trinajstić information content (AvgIpc) is 3.37. The molecule has 186 valence electrons. The second kappa shape index (κ2) is 9.75. The Kier molecular flexibility index (Phi) is 6.69. The van der Waals surface area contributed by atoms with Crippen LogP contribution in [-0.2, 0) is 10.9 Å². The molecule has 1 aromatic carbocycles. The predicted molar refractivity (Wildman–Crippen MR) is 127 cm³/mol. The van der Waals surface area contributed by atoms with Crippen LogP contribution in [-0.4, -0.2) is 67.4 Å². The lowest BCUT2D eigenvalue weighted by atomic mass is 10.1. The molecule has 35 heavy (non-hydrogen) atoms. The van der Waals surface area contributed by atoms with Gasteiger partial charge in [-0.25, -0.2) is 14.4 Å². The molecule has 0 spiro atoms. The number of hydrogen-bond donors (Lipinski definition) is 0. The van der Waals surface area contributed by atoms with E-state index in [1.807, 2.05) is 9.80 Å². The van der Waals surface area contributed by atoms with E-state index in [0.29, 0.717) is 86.8 Å². The zero-order valence-electron chi connectivity index (χ0n) is 18.4. The minimum Gasteiger partial charge on any atom is -0.378 e. The van der Waals surface area contributed by atoms with E-state index in [0.717, 1.165) is 0 Å². The maximum atomic E-state index is 13.7. The van der Waals surface area contributed by atoms with Crippen molar-refractivity contribution < 1.29 is 22.3 Å². The van der Waals surface area contributed by atoms with Crippen molar-refractivity contribution in [3.8, 4) is 11.3 Å². The summed E-state index contributed by atoms with van der Waals surface area (Å²) >= 11 is 6.61. The number of anilines is 3. The monoisotopic (exact) mass is 528 g/mol. The molecule has 13 heteroatoms. The predicted octanol–water partition coefficient (Wildman–Crippen LogP) is 4.57. The Balaban J connectivity index is 1.42. The van der Waals surface area contributed by atoms with Crippen molar-refractivity contribution in [3.05, 3.63) is 45.5 Å². The molecule has 5 rings (SSSR count). The van der Waals surface area contributed by atoms with Crippen molar-refractivity contribution in [2.45, 2.75) is 6.18 Å². The third-order valence-corrected chi connectivity index (χ3v) is 7.07. The summed E-state index contributed by atoms with van der Waals surface area (Å²) in [6, 6.07) is 6.21. The second-order valence-corrected chi connectivity index (χ2v) is 9.38. The van der Waals surface area contributed by atoms with E-state index >= 15 is 0 Å². The van der Waals surface area contributed by atoms with Crippen LogP contribution in [0, 0.1) is 5.82 Å². The summed E-state index contributed by atoms with van der Waals surface area (Å²) in [6.07, 6.45) is -4.43. The van der Waals surface area contributed by atoms with Gasteiger partial charge in [0.05, 0.1) is 29.4 Å². The lowest BCUT2D eigenvalue weighted by Gasteiger charge is -2.36. The van der Waals surface area contributed by atoms with Gasteiger partial charge in [-0.3, -0.25) is 0 Å². The smallest absolute Gasteiger partial charge is 0.378 e. The summed E-state index contributed by atoms with van der Waals surface area (Å²) in [4.78, 5) is 18.4. The second-order valence-electron chi connectivity index (χ2n) is 8.12. The molecule has 2 saturated heterocycles. The maximum Gasteiger partial charge on any atom is 0.429 e. The Labute approximate surface area is 207 Å². The lowest BCUT2D eigenvalue weighted by Crippen LogP contribution is -2.47. The van der Waals surface area contributed by atoms with Crippen LogP contribution in [0.3, 0.4) is 0 Å². The van der Waals surface area contributed by atoms with Crippen LogP contribution in [0.15, 0.2) is 29.8 Å². The zero-order chi connectivity index (χ0) is 24.6. The van der Waals surface area contributed by atoms with Gasteiger partial charge in [0.2, 0.25) is 5.95 Å². The summed E-state index contributed by atoms with van der Waals surface area (Å²) in [5.41, 5.74) is 2.45. The van der Waals surface area contributed by atoms with E-state index in [4.69, 9.17) is 26.3 Å². The summed E-state index contributed by atoms with van der Waals surface area (Å²) in [7, 11) is 0. The molecule has 3 aromatic rings. The van der Waals surface area contributed by atoms with Gasteiger partial charge in [-0.15, -0.1) is 11.3 Å². The third kappa shape index (κ3) is 5.14. The van der Waals surface area contributed by atoms with E-state index in [1.54, 1.807) is 17.0 Å². The van der Waals surface area contributed by atoms with Gasteiger partial charge in [-0.1, -0.05) is 11.6 Å². The standard InChI is InChI=1S/C22H21ClF4N6OS/c23-15-11-14(1-2-16(15)24)17-12-18(30-21(29-17)33-7-9-34-10-8-33)31-3-5-32(6-4-31)20-19(22(25,26)27)35-13-28-20/h1-2,11-13H,3-10H2. The van der Waals surface area contributed by atoms with Gasteiger partial charge in [-0.2, -0.15) is 18.2 Å². The Morgan fingerprint density at radius 1 is 0.914 bits per heavy atom. The van der Waals surface area contributed by atoms with Crippen molar-refractivity contribution in [1.29, 1.82) is 0 Å². The number of alkyl halides is 3. The largest absolute Gasteiger partial charge is 0.429 e. The lowest BCUT2D eigenvalue weighted by molar-refractivity contribution is -0.134. The SMILES string of the molecule is Fc1ccc(-c2cc(N3CCN(c4ncsc4C(F)(F)F)CC3)nc(N3CCOCC3)n2)cc1Cl. The molecular formula is C22H21ClF4N6OS. The van der Waals surface area contributed by atoms with Crippen LogP contribution < -0.4 is 14.7 Å². The maximum absolute atomic E-state index is 13.7. The van der Waals surface area contributed by atoms with E-state index < -0.39 is 16.9 Å². The molecule has 0 amide bonds. The zero-order valence-corrected chi connectivity index (χ0v) is 20.0. The van der Waals surface area contributed by atoms with Crippen LogP contribution in [0.1, 0.15) is 4.88 Å². The number of rotatable bonds is 4. The van der Waals surface area contributed by atoms with Crippen LogP contribution in [0.4, 0.5) is 35.1 Å². The molecule has 2 aliphatic heterocycles. The van der Waals surface area contributed by atoms with Crippen molar-refractivity contribution in [2.24, 2.45) is 0 Å². The Bertz CT molecular complexity index is 1190. The van der Waals surface area contributed by atoms with Crippen molar-refractivity contribution >= 4 is 40.5 Å².